The van der Waals surface area contributed by atoms with E-state index < -0.39 is 0 Å². The van der Waals surface area contributed by atoms with Gasteiger partial charge in [0.2, 0.25) is 5.29 Å². The highest BCUT2D eigenvalue weighted by molar-refractivity contribution is 14.1. The predicted molar refractivity (Wildman–Crippen MR) is 96.5 cm³/mol. The van der Waals surface area contributed by atoms with Crippen molar-refractivity contribution in [3.63, 3.8) is 0 Å². The normalized spacial score (nSPS) is 29.9. The average molecular weight is 441 g/mol. The molecule has 1 saturated heterocycles. The molecule has 0 spiro atoms. The lowest BCUT2D eigenvalue weighted by molar-refractivity contribution is 0.0529. The summed E-state index contributed by atoms with van der Waals surface area (Å²) in [5.74, 6) is 0.932. The number of hydrogen-bond acceptors (Lipinski definition) is 6. The molecule has 3 N–H and O–H groups in total. The third-order valence-corrected chi connectivity index (χ3v) is 7.75. The molecule has 3 rings (SSSR count). The summed E-state index contributed by atoms with van der Waals surface area (Å²) in [6.45, 7) is 7.19. The largest absolute Gasteiger partial charge is 0.378 e. The van der Waals surface area contributed by atoms with Crippen LogP contribution in [-0.2, 0) is 4.74 Å². The maximum absolute atomic E-state index is 6.36. The van der Waals surface area contributed by atoms with E-state index in [0.29, 0.717) is 5.29 Å². The van der Waals surface area contributed by atoms with E-state index in [1.807, 2.05) is 13.8 Å². The zero-order chi connectivity index (χ0) is 15.3. The number of amidine groups is 1. The van der Waals surface area contributed by atoms with Crippen LogP contribution < -0.4 is 11.1 Å². The van der Waals surface area contributed by atoms with Crippen molar-refractivity contribution in [2.24, 2.45) is 10.7 Å². The number of alkyl halides is 1. The molecular weight excluding hydrogens is 423 g/mol. The number of halogens is 2. The molecule has 0 bridgehead atoms. The van der Waals surface area contributed by atoms with Crippen LogP contribution in [0, 0.1) is 0 Å². The number of aliphatic imine (C=N–C) groups is 1. The van der Waals surface area contributed by atoms with Gasteiger partial charge in [0.25, 0.3) is 0 Å². The Hall–Kier alpha value is 0.0400. The molecule has 0 aromatic rings. The van der Waals surface area contributed by atoms with Crippen LogP contribution in [0.5, 0.6) is 0 Å². The Bertz CT molecular complexity index is 551. The Kier molecular flexibility index (Phi) is 4.24. The number of thioether (sulfide) groups is 1. The summed E-state index contributed by atoms with van der Waals surface area (Å²) in [7, 11) is 0. The minimum atomic E-state index is -0.361. The lowest BCUT2D eigenvalue weighted by atomic mass is 10.0. The smallest absolute Gasteiger partial charge is 0.202 e. The van der Waals surface area contributed by atoms with Gasteiger partial charge in [0.05, 0.1) is 23.8 Å². The summed E-state index contributed by atoms with van der Waals surface area (Å²) in [6.07, 6.45) is 2.16. The molecule has 8 heteroatoms. The minimum Gasteiger partial charge on any atom is -0.378 e. The Morgan fingerprint density at radius 2 is 2.19 bits per heavy atom. The van der Waals surface area contributed by atoms with Crippen LogP contribution in [0.15, 0.2) is 27.5 Å². The van der Waals surface area contributed by atoms with Crippen molar-refractivity contribution in [1.29, 1.82) is 0 Å². The van der Waals surface area contributed by atoms with Gasteiger partial charge in [-0.05, 0) is 31.5 Å². The van der Waals surface area contributed by atoms with Gasteiger partial charge >= 0.3 is 0 Å². The van der Waals surface area contributed by atoms with Crippen molar-refractivity contribution in [3.8, 4) is 0 Å². The fourth-order valence-electron chi connectivity index (χ4n) is 2.33. The number of hydrogen-bond donors (Lipinski definition) is 2. The van der Waals surface area contributed by atoms with Crippen LogP contribution in [0.4, 0.5) is 0 Å². The molecule has 1 unspecified atom stereocenters. The highest BCUT2D eigenvalue weighted by Gasteiger charge is 2.47. The summed E-state index contributed by atoms with van der Waals surface area (Å²) >= 11 is 10.3. The minimum absolute atomic E-state index is 0.225. The van der Waals surface area contributed by atoms with E-state index in [1.54, 1.807) is 11.8 Å². The summed E-state index contributed by atoms with van der Waals surface area (Å²) in [6, 6.07) is 0. The fourth-order valence-corrected chi connectivity index (χ4v) is 4.71. The molecule has 0 aliphatic carbocycles. The summed E-state index contributed by atoms with van der Waals surface area (Å²) in [5, 5.41) is 3.56. The number of rotatable bonds is 2. The maximum Gasteiger partial charge on any atom is 0.202 e. The van der Waals surface area contributed by atoms with Gasteiger partial charge in [-0.2, -0.15) is 0 Å². The summed E-state index contributed by atoms with van der Waals surface area (Å²) < 4.78 is 5.19. The molecule has 3 heterocycles. The highest BCUT2D eigenvalue weighted by atomic mass is 127. The molecule has 3 aliphatic heterocycles. The van der Waals surface area contributed by atoms with Crippen LogP contribution in [0.3, 0.4) is 0 Å². The fraction of sp³-hybridized carbons (Fsp3) is 0.615. The van der Waals surface area contributed by atoms with Crippen molar-refractivity contribution >= 4 is 51.2 Å². The van der Waals surface area contributed by atoms with E-state index in [4.69, 9.17) is 22.1 Å². The molecule has 1 fully saturated rings. The summed E-state index contributed by atoms with van der Waals surface area (Å²) in [4.78, 5) is 7.86. The predicted octanol–water partition coefficient (Wildman–Crippen LogP) is 2.18. The molecule has 0 aromatic heterocycles. The zero-order valence-corrected chi connectivity index (χ0v) is 15.7. The Labute approximate surface area is 147 Å². The lowest BCUT2D eigenvalue weighted by Crippen LogP contribution is -2.48. The average Bonchev–Trinajstić information content (AvgIpc) is 2.76. The van der Waals surface area contributed by atoms with Gasteiger partial charge in [-0.25, -0.2) is 4.99 Å². The van der Waals surface area contributed by atoms with Gasteiger partial charge in [-0.15, -0.1) is 0 Å². The van der Waals surface area contributed by atoms with Crippen LogP contribution in [0.2, 0.25) is 0 Å². The second-order valence-corrected chi connectivity index (χ2v) is 9.85. The van der Waals surface area contributed by atoms with Gasteiger partial charge in [0.1, 0.15) is 8.57 Å². The second-order valence-electron chi connectivity index (χ2n) is 5.81. The quantitative estimate of drug-likeness (QED) is 0.391. The van der Waals surface area contributed by atoms with Crippen LogP contribution in [0.1, 0.15) is 13.8 Å². The zero-order valence-electron chi connectivity index (χ0n) is 11.9. The number of morpholine rings is 1. The molecule has 3 aliphatic rings. The van der Waals surface area contributed by atoms with E-state index in [-0.39, 0.29) is 8.29 Å². The van der Waals surface area contributed by atoms with Crippen LogP contribution in [-0.4, -0.2) is 44.8 Å². The SMILES string of the molecule is CC(C)(N)C1(I)C=C2NC(Cl)=NC(N3CCOCC3)=C2S1. The third-order valence-electron chi connectivity index (χ3n) is 3.66. The van der Waals surface area contributed by atoms with Crippen molar-refractivity contribution in [2.75, 3.05) is 26.3 Å². The van der Waals surface area contributed by atoms with Gasteiger partial charge in [-0.1, -0.05) is 34.4 Å². The van der Waals surface area contributed by atoms with Crippen molar-refractivity contribution in [1.82, 2.24) is 10.2 Å². The van der Waals surface area contributed by atoms with Crippen molar-refractivity contribution in [2.45, 2.75) is 22.1 Å². The second kappa shape index (κ2) is 5.59. The number of ether oxygens (including phenoxy) is 1. The van der Waals surface area contributed by atoms with E-state index in [2.05, 4.69) is 43.9 Å². The molecule has 1 atom stereocenters. The molecule has 0 radical (unpaired) electrons. The third kappa shape index (κ3) is 2.95. The topological polar surface area (TPSA) is 62.9 Å². The molecule has 0 saturated carbocycles. The first-order valence-corrected chi connectivity index (χ1v) is 9.06. The molecule has 5 nitrogen and oxygen atoms in total. The maximum atomic E-state index is 6.36. The van der Waals surface area contributed by atoms with E-state index in [9.17, 15) is 0 Å². The first-order chi connectivity index (χ1) is 9.80. The number of nitrogens with one attached hydrogen (secondary N) is 1. The number of nitrogens with zero attached hydrogens (tertiary/aromatic N) is 2. The van der Waals surface area contributed by atoms with Gasteiger partial charge < -0.3 is 20.7 Å². The van der Waals surface area contributed by atoms with Gasteiger partial charge in [0.15, 0.2) is 0 Å². The molecule has 0 aromatic carbocycles. The standard InChI is InChI=1S/C13H18ClIN4OS/c1-12(2,16)13(15)7-8-9(21-13)10(18-11(14)17-8)19-3-5-20-6-4-19/h7H,3-6,16H2,1-2H3,(H,17,18). The van der Waals surface area contributed by atoms with E-state index in [0.717, 1.165) is 42.7 Å². The highest BCUT2D eigenvalue weighted by Crippen LogP contribution is 2.55. The van der Waals surface area contributed by atoms with E-state index in [1.165, 1.54) is 0 Å². The van der Waals surface area contributed by atoms with Crippen LogP contribution in [0.25, 0.3) is 0 Å². The van der Waals surface area contributed by atoms with Crippen LogP contribution >= 0.6 is 46.0 Å². The molecule has 0 amide bonds. The van der Waals surface area contributed by atoms with E-state index >= 15 is 0 Å². The molecular formula is C13H18ClIN4OS. The number of fused-ring (bicyclic) bond motifs is 1. The Morgan fingerprint density at radius 3 is 2.81 bits per heavy atom. The molecule has 21 heavy (non-hydrogen) atoms. The Morgan fingerprint density at radius 1 is 1.52 bits per heavy atom. The number of nitrogens with two attached hydrogens (primary N) is 1. The summed E-state index contributed by atoms with van der Waals surface area (Å²) in [5.41, 5.74) is 7.01. The lowest BCUT2D eigenvalue weighted by Gasteiger charge is -2.35. The molecule has 116 valence electrons. The monoisotopic (exact) mass is 440 g/mol. The van der Waals surface area contributed by atoms with Gasteiger partial charge in [-0.3, -0.25) is 0 Å². The van der Waals surface area contributed by atoms with Crippen molar-refractivity contribution < 1.29 is 4.74 Å². The first kappa shape index (κ1) is 15.9. The van der Waals surface area contributed by atoms with Gasteiger partial charge in [0, 0.05) is 18.6 Å². The first-order valence-electron chi connectivity index (χ1n) is 6.78. The Balaban J connectivity index is 1.99. The van der Waals surface area contributed by atoms with Crippen molar-refractivity contribution in [3.05, 3.63) is 22.5 Å².